The predicted octanol–water partition coefficient (Wildman–Crippen LogP) is 5.92. The number of hydrogen-bond acceptors (Lipinski definition) is 7. The molecule has 1 aliphatic rings. The number of carbonyl (C=O) groups excluding carboxylic acids is 2. The molecule has 0 bridgehead atoms. The summed E-state index contributed by atoms with van der Waals surface area (Å²) in [5, 5.41) is 13.2. The highest BCUT2D eigenvalue weighted by molar-refractivity contribution is 7.22. The summed E-state index contributed by atoms with van der Waals surface area (Å²) in [7, 11) is 1.44. The number of anilines is 1. The van der Waals surface area contributed by atoms with Gasteiger partial charge in [-0.25, -0.2) is 13.8 Å². The number of halogens is 3. The summed E-state index contributed by atoms with van der Waals surface area (Å²) < 4.78 is 32.9. The van der Waals surface area contributed by atoms with Crippen LogP contribution >= 0.6 is 34.3 Å². The number of Topliss-reactive ketones (excluding diaryl/α,β-unsaturated/α-hetero) is 1. The fourth-order valence-corrected chi connectivity index (χ4v) is 5.81. The zero-order chi connectivity index (χ0) is 24.1. The summed E-state index contributed by atoms with van der Waals surface area (Å²) in [6.07, 6.45) is 0. The Balaban J connectivity index is 1.70. The maximum Gasteiger partial charge on any atom is 0.301 e. The van der Waals surface area contributed by atoms with Gasteiger partial charge >= 0.3 is 5.91 Å². The Morgan fingerprint density at radius 2 is 1.94 bits per heavy atom. The smallest absolute Gasteiger partial charge is 0.301 e. The number of aliphatic hydroxyl groups excluding tert-OH is 1. The largest absolute Gasteiger partial charge is 0.507 e. The van der Waals surface area contributed by atoms with E-state index < -0.39 is 35.1 Å². The Kier molecular flexibility index (Phi) is 5.59. The van der Waals surface area contributed by atoms with Crippen molar-refractivity contribution in [1.29, 1.82) is 0 Å². The molecule has 11 heteroatoms. The molecule has 3 heterocycles. The van der Waals surface area contributed by atoms with Crippen molar-refractivity contribution in [3.63, 3.8) is 0 Å². The highest BCUT2D eigenvalue weighted by Gasteiger charge is 2.48. The number of amides is 1. The van der Waals surface area contributed by atoms with Gasteiger partial charge in [0.1, 0.15) is 17.6 Å². The van der Waals surface area contributed by atoms with Crippen molar-refractivity contribution in [1.82, 2.24) is 4.98 Å². The Hall–Kier alpha value is -3.34. The van der Waals surface area contributed by atoms with Crippen LogP contribution in [-0.4, -0.2) is 28.9 Å². The van der Waals surface area contributed by atoms with Crippen LogP contribution in [0.5, 0.6) is 5.75 Å². The highest BCUT2D eigenvalue weighted by Crippen LogP contribution is 2.46. The molecule has 4 aromatic rings. The predicted molar refractivity (Wildman–Crippen MR) is 127 cm³/mol. The van der Waals surface area contributed by atoms with Gasteiger partial charge < -0.3 is 9.84 Å². The Morgan fingerprint density at radius 1 is 1.18 bits per heavy atom. The number of ketones is 1. The van der Waals surface area contributed by atoms with Crippen molar-refractivity contribution in [3.8, 4) is 5.75 Å². The molecule has 0 saturated carbocycles. The number of benzene rings is 2. The van der Waals surface area contributed by atoms with Gasteiger partial charge in [-0.2, -0.15) is 0 Å². The molecule has 34 heavy (non-hydrogen) atoms. The topological polar surface area (TPSA) is 79.7 Å². The van der Waals surface area contributed by atoms with Crippen LogP contribution in [0.2, 0.25) is 5.02 Å². The molecule has 2 aromatic carbocycles. The minimum atomic E-state index is -1.07. The third kappa shape index (κ3) is 3.54. The summed E-state index contributed by atoms with van der Waals surface area (Å²) in [5.41, 5.74) is 0.219. The quantitative estimate of drug-likeness (QED) is 0.206. The Labute approximate surface area is 204 Å². The lowest BCUT2D eigenvalue weighted by molar-refractivity contribution is -0.132. The van der Waals surface area contributed by atoms with E-state index in [0.717, 1.165) is 28.4 Å². The van der Waals surface area contributed by atoms with Crippen molar-refractivity contribution in [2.75, 3.05) is 12.0 Å². The second-order valence-electron chi connectivity index (χ2n) is 7.26. The molecule has 1 aliphatic heterocycles. The Morgan fingerprint density at radius 3 is 2.62 bits per heavy atom. The van der Waals surface area contributed by atoms with E-state index in [9.17, 15) is 23.5 Å². The molecule has 0 radical (unpaired) electrons. The van der Waals surface area contributed by atoms with Crippen LogP contribution < -0.4 is 9.64 Å². The number of aromatic nitrogens is 1. The SMILES string of the molecule is COc1ccc(/C(O)=C2\C(=O)C(=O)N(c3nc4cc(F)c(F)cc4s3)C2c2cccs2)cc1Cl. The van der Waals surface area contributed by atoms with E-state index in [1.165, 1.54) is 36.6 Å². The molecule has 1 saturated heterocycles. The van der Waals surface area contributed by atoms with E-state index in [0.29, 0.717) is 15.3 Å². The van der Waals surface area contributed by atoms with Crippen molar-refractivity contribution in [2.24, 2.45) is 0 Å². The fraction of sp³-hybridized carbons (Fsp3) is 0.0870. The van der Waals surface area contributed by atoms with E-state index in [-0.39, 0.29) is 26.8 Å². The molecule has 5 rings (SSSR count). The number of hydrogen-bond donors (Lipinski definition) is 1. The molecule has 2 aromatic heterocycles. The first-order valence-electron chi connectivity index (χ1n) is 9.74. The first-order valence-corrected chi connectivity index (χ1v) is 11.8. The second-order valence-corrected chi connectivity index (χ2v) is 9.66. The monoisotopic (exact) mass is 518 g/mol. The lowest BCUT2D eigenvalue weighted by Crippen LogP contribution is -2.28. The van der Waals surface area contributed by atoms with Gasteiger partial charge in [-0.15, -0.1) is 11.3 Å². The van der Waals surface area contributed by atoms with Gasteiger partial charge in [-0.3, -0.25) is 14.5 Å². The third-order valence-corrected chi connectivity index (χ3v) is 7.55. The van der Waals surface area contributed by atoms with Gasteiger partial charge in [0.25, 0.3) is 5.78 Å². The Bertz CT molecular complexity index is 1460. The number of rotatable bonds is 4. The second kappa shape index (κ2) is 8.46. The zero-order valence-corrected chi connectivity index (χ0v) is 19.6. The van der Waals surface area contributed by atoms with Crippen LogP contribution in [0.3, 0.4) is 0 Å². The van der Waals surface area contributed by atoms with E-state index >= 15 is 0 Å². The molecule has 1 amide bonds. The summed E-state index contributed by atoms with van der Waals surface area (Å²) in [6, 6.07) is 8.87. The molecule has 1 unspecified atom stereocenters. The van der Waals surface area contributed by atoms with Gasteiger partial charge in [0.15, 0.2) is 16.8 Å². The van der Waals surface area contributed by atoms with Gasteiger partial charge in [-0.05, 0) is 35.7 Å². The van der Waals surface area contributed by atoms with E-state index in [1.54, 1.807) is 17.5 Å². The number of aliphatic hydroxyl groups is 1. The maximum absolute atomic E-state index is 13.7. The third-order valence-electron chi connectivity index (χ3n) is 5.31. The number of thiazole rings is 1. The van der Waals surface area contributed by atoms with E-state index in [2.05, 4.69) is 4.98 Å². The fourth-order valence-electron chi connectivity index (χ4n) is 3.73. The van der Waals surface area contributed by atoms with Crippen LogP contribution in [-0.2, 0) is 9.59 Å². The minimum absolute atomic E-state index is 0.0762. The van der Waals surface area contributed by atoms with Crippen LogP contribution in [0, 0.1) is 11.6 Å². The average Bonchev–Trinajstić information content (AvgIpc) is 3.53. The lowest BCUT2D eigenvalue weighted by atomic mass is 10.00. The van der Waals surface area contributed by atoms with Crippen LogP contribution in [0.1, 0.15) is 16.5 Å². The number of nitrogens with zero attached hydrogens (tertiary/aromatic N) is 2. The van der Waals surface area contributed by atoms with Crippen LogP contribution in [0.15, 0.2) is 53.4 Å². The first-order chi connectivity index (χ1) is 16.3. The summed E-state index contributed by atoms with van der Waals surface area (Å²) >= 11 is 8.41. The molecule has 172 valence electrons. The number of fused-ring (bicyclic) bond motifs is 1. The molecular formula is C23H13ClF2N2O4S2. The molecule has 1 fully saturated rings. The molecule has 1 N–H and O–H groups in total. The van der Waals surface area contributed by atoms with Crippen molar-refractivity contribution >= 4 is 67.1 Å². The number of carbonyl (C=O) groups is 2. The first kappa shape index (κ1) is 22.5. The van der Waals surface area contributed by atoms with Crippen molar-refractivity contribution in [2.45, 2.75) is 6.04 Å². The van der Waals surface area contributed by atoms with Gasteiger partial charge in [0.2, 0.25) is 0 Å². The highest BCUT2D eigenvalue weighted by atomic mass is 35.5. The maximum atomic E-state index is 13.7. The van der Waals surface area contributed by atoms with Crippen molar-refractivity contribution in [3.05, 3.63) is 80.5 Å². The van der Waals surface area contributed by atoms with Gasteiger partial charge in [0.05, 0.1) is 27.9 Å². The number of thiophene rings is 1. The van der Waals surface area contributed by atoms with Crippen LogP contribution in [0.25, 0.3) is 16.0 Å². The number of ether oxygens (including phenoxy) is 1. The standard InChI is InChI=1S/C23H13ClF2N2O4S2/c1-32-15-5-4-10(7-11(15)24)20(29)18-19(16-3-2-6-33-16)28(22(31)21(18)30)23-27-14-8-12(25)13(26)9-17(14)34-23/h2-9,19,29H,1H3/b20-18+. The minimum Gasteiger partial charge on any atom is -0.507 e. The average molecular weight is 519 g/mol. The molecule has 1 atom stereocenters. The van der Waals surface area contributed by atoms with E-state index in [1.807, 2.05) is 0 Å². The van der Waals surface area contributed by atoms with Crippen molar-refractivity contribution < 1.29 is 28.2 Å². The zero-order valence-electron chi connectivity index (χ0n) is 17.2. The molecule has 0 aliphatic carbocycles. The lowest BCUT2D eigenvalue weighted by Gasteiger charge is -2.21. The summed E-state index contributed by atoms with van der Waals surface area (Å²) in [4.78, 5) is 32.3. The number of methoxy groups -OCH3 is 1. The summed E-state index contributed by atoms with van der Waals surface area (Å²) in [6.45, 7) is 0. The van der Waals surface area contributed by atoms with Crippen LogP contribution in [0.4, 0.5) is 13.9 Å². The van der Waals surface area contributed by atoms with Gasteiger partial charge in [0, 0.05) is 16.5 Å². The normalized spacial score (nSPS) is 17.6. The molecular weight excluding hydrogens is 506 g/mol. The summed E-state index contributed by atoms with van der Waals surface area (Å²) in [5.74, 6) is -3.99. The van der Waals surface area contributed by atoms with Gasteiger partial charge in [-0.1, -0.05) is 29.0 Å². The molecule has 0 spiro atoms. The van der Waals surface area contributed by atoms with E-state index in [4.69, 9.17) is 16.3 Å². The molecule has 6 nitrogen and oxygen atoms in total.